The van der Waals surface area contributed by atoms with Crippen molar-refractivity contribution in [3.63, 3.8) is 0 Å². The molecule has 2 amide bonds. The summed E-state index contributed by atoms with van der Waals surface area (Å²) in [6, 6.07) is 29.7. The number of carbonyl (C=O) groups excluding carboxylic acids is 2. The van der Waals surface area contributed by atoms with Gasteiger partial charge >= 0.3 is 0 Å². The van der Waals surface area contributed by atoms with Crippen molar-refractivity contribution in [2.24, 2.45) is 0 Å². The molecule has 4 aromatic rings. The number of hydrogen-bond donors (Lipinski definition) is 1. The molecule has 0 aliphatic rings. The molecule has 0 heterocycles. The lowest BCUT2D eigenvalue weighted by Crippen LogP contribution is -2.53. The maximum atomic E-state index is 14.3. The first kappa shape index (κ1) is 31.1. The first-order valence-corrected chi connectivity index (χ1v) is 15.6. The average Bonchev–Trinajstić information content (AvgIpc) is 2.99. The Balaban J connectivity index is 1.80. The fourth-order valence-electron chi connectivity index (χ4n) is 4.57. The number of nitrogens with zero attached hydrogens (tertiary/aromatic N) is 2. The highest BCUT2D eigenvalue weighted by Crippen LogP contribution is 2.31. The Hall–Kier alpha value is -3.85. The lowest BCUT2D eigenvalue weighted by Gasteiger charge is -2.34. The SMILES string of the molecule is CCNC(=O)[C@H](Cc1ccccc1)N(Cc1cccc(Cl)c1)C(=O)CN(c1ccccc1Cl)S(=O)(=O)c1ccccc1. The standard InChI is InChI=1S/C32H31Cl2N3O4S/c1-2-35-32(39)30(21-24-12-5-3-6-13-24)36(22-25-14-11-15-26(33)20-25)31(38)23-37(29-19-10-9-18-28(29)34)42(40,41)27-16-7-4-8-17-27/h3-20,30H,2,21-23H2,1H3,(H,35,39)/t30-/m0/s1. The number of halogens is 2. The van der Waals surface area contributed by atoms with Crippen molar-refractivity contribution in [2.75, 3.05) is 17.4 Å². The highest BCUT2D eigenvalue weighted by Gasteiger charge is 2.35. The van der Waals surface area contributed by atoms with E-state index in [-0.39, 0.29) is 34.5 Å². The molecule has 0 spiro atoms. The second-order valence-corrected chi connectivity index (χ2v) is 12.2. The summed E-state index contributed by atoms with van der Waals surface area (Å²) in [7, 11) is -4.22. The number of hydrogen-bond acceptors (Lipinski definition) is 4. The molecule has 0 saturated heterocycles. The molecule has 0 bridgehead atoms. The van der Waals surface area contributed by atoms with Gasteiger partial charge in [-0.25, -0.2) is 8.42 Å². The van der Waals surface area contributed by atoms with Gasteiger partial charge in [0.05, 0.1) is 15.6 Å². The van der Waals surface area contributed by atoms with E-state index in [0.717, 1.165) is 9.87 Å². The van der Waals surface area contributed by atoms with E-state index in [9.17, 15) is 18.0 Å². The molecule has 0 aliphatic heterocycles. The number of anilines is 1. The summed E-state index contributed by atoms with van der Waals surface area (Å²) >= 11 is 12.7. The summed E-state index contributed by atoms with van der Waals surface area (Å²) in [5, 5.41) is 3.47. The zero-order valence-electron chi connectivity index (χ0n) is 23.0. The number of sulfonamides is 1. The highest BCUT2D eigenvalue weighted by atomic mass is 35.5. The van der Waals surface area contributed by atoms with Gasteiger partial charge < -0.3 is 10.2 Å². The third-order valence-corrected chi connectivity index (χ3v) is 8.92. The van der Waals surface area contributed by atoms with Gasteiger partial charge in [-0.2, -0.15) is 0 Å². The molecule has 1 atom stereocenters. The van der Waals surface area contributed by atoms with Crippen LogP contribution in [0, 0.1) is 0 Å². The minimum absolute atomic E-state index is 0.00340. The van der Waals surface area contributed by atoms with Crippen molar-refractivity contribution < 1.29 is 18.0 Å². The van der Waals surface area contributed by atoms with Gasteiger partial charge in [0, 0.05) is 24.5 Å². The smallest absolute Gasteiger partial charge is 0.264 e. The molecule has 0 aromatic heterocycles. The molecule has 7 nitrogen and oxygen atoms in total. The Bertz CT molecular complexity index is 1620. The number of rotatable bonds is 12. The van der Waals surface area contributed by atoms with Crippen molar-refractivity contribution in [3.05, 3.63) is 130 Å². The quantitative estimate of drug-likeness (QED) is 0.211. The average molecular weight is 625 g/mol. The van der Waals surface area contributed by atoms with Crippen LogP contribution in [0.3, 0.4) is 0 Å². The van der Waals surface area contributed by atoms with Gasteiger partial charge in [-0.3, -0.25) is 13.9 Å². The first-order chi connectivity index (χ1) is 20.2. The molecule has 10 heteroatoms. The predicted molar refractivity (Wildman–Crippen MR) is 167 cm³/mol. The third kappa shape index (κ3) is 7.70. The first-order valence-electron chi connectivity index (χ1n) is 13.4. The van der Waals surface area contributed by atoms with Crippen LogP contribution in [0.25, 0.3) is 0 Å². The van der Waals surface area contributed by atoms with Crippen LogP contribution in [0.15, 0.2) is 114 Å². The zero-order chi connectivity index (χ0) is 30.1. The molecule has 0 radical (unpaired) electrons. The van der Waals surface area contributed by atoms with Crippen LogP contribution in [0.5, 0.6) is 0 Å². The van der Waals surface area contributed by atoms with Crippen molar-refractivity contribution in [1.29, 1.82) is 0 Å². The summed E-state index contributed by atoms with van der Waals surface area (Å²) in [4.78, 5) is 29.2. The number of para-hydroxylation sites is 1. The molecule has 1 N–H and O–H groups in total. The van der Waals surface area contributed by atoms with E-state index in [1.807, 2.05) is 30.3 Å². The van der Waals surface area contributed by atoms with E-state index in [0.29, 0.717) is 17.1 Å². The van der Waals surface area contributed by atoms with Crippen LogP contribution < -0.4 is 9.62 Å². The van der Waals surface area contributed by atoms with E-state index >= 15 is 0 Å². The van der Waals surface area contributed by atoms with Gasteiger partial charge in [0.2, 0.25) is 11.8 Å². The van der Waals surface area contributed by atoms with Crippen LogP contribution in [0.1, 0.15) is 18.1 Å². The molecule has 0 saturated carbocycles. The topological polar surface area (TPSA) is 86.8 Å². The molecule has 42 heavy (non-hydrogen) atoms. The van der Waals surface area contributed by atoms with Crippen molar-refractivity contribution in [2.45, 2.75) is 30.8 Å². The molecular formula is C32H31Cl2N3O4S. The van der Waals surface area contributed by atoms with Gasteiger partial charge in [0.1, 0.15) is 12.6 Å². The van der Waals surface area contributed by atoms with E-state index in [4.69, 9.17) is 23.2 Å². The van der Waals surface area contributed by atoms with Crippen LogP contribution in [0.2, 0.25) is 10.0 Å². The van der Waals surface area contributed by atoms with E-state index in [1.54, 1.807) is 73.7 Å². The Morgan fingerprint density at radius 3 is 2.07 bits per heavy atom. The molecule has 4 rings (SSSR count). The number of benzene rings is 4. The van der Waals surface area contributed by atoms with Crippen LogP contribution in [-0.4, -0.2) is 44.3 Å². The molecular weight excluding hydrogens is 593 g/mol. The third-order valence-electron chi connectivity index (χ3n) is 6.60. The molecule has 0 unspecified atom stereocenters. The van der Waals surface area contributed by atoms with E-state index in [1.165, 1.54) is 17.0 Å². The number of likely N-dealkylation sites (N-methyl/N-ethyl adjacent to an activating group) is 1. The summed E-state index contributed by atoms with van der Waals surface area (Å²) in [5.41, 5.74) is 1.68. The summed E-state index contributed by atoms with van der Waals surface area (Å²) in [6.07, 6.45) is 0.219. The minimum atomic E-state index is -4.22. The Kier molecular flexibility index (Phi) is 10.6. The molecule has 0 fully saturated rings. The van der Waals surface area contributed by atoms with Gasteiger partial charge in [-0.15, -0.1) is 0 Å². The van der Waals surface area contributed by atoms with Crippen molar-refractivity contribution >= 4 is 50.7 Å². The largest absolute Gasteiger partial charge is 0.355 e. The van der Waals surface area contributed by atoms with Crippen LogP contribution >= 0.6 is 23.2 Å². The number of amides is 2. The lowest BCUT2D eigenvalue weighted by atomic mass is 10.0. The van der Waals surface area contributed by atoms with Gasteiger partial charge in [-0.1, -0.05) is 96.0 Å². The molecule has 0 aliphatic carbocycles. The second-order valence-electron chi connectivity index (χ2n) is 9.53. The Morgan fingerprint density at radius 2 is 1.43 bits per heavy atom. The molecule has 4 aromatic carbocycles. The monoisotopic (exact) mass is 623 g/mol. The number of nitrogens with one attached hydrogen (secondary N) is 1. The fourth-order valence-corrected chi connectivity index (χ4v) is 6.52. The normalized spacial score (nSPS) is 11.9. The summed E-state index contributed by atoms with van der Waals surface area (Å²) < 4.78 is 28.9. The maximum absolute atomic E-state index is 14.3. The fraction of sp³-hybridized carbons (Fsp3) is 0.188. The highest BCUT2D eigenvalue weighted by molar-refractivity contribution is 7.92. The van der Waals surface area contributed by atoms with Crippen molar-refractivity contribution in [1.82, 2.24) is 10.2 Å². The van der Waals surface area contributed by atoms with Gasteiger partial charge in [-0.05, 0) is 54.4 Å². The summed E-state index contributed by atoms with van der Waals surface area (Å²) in [5.74, 6) is -0.937. The van der Waals surface area contributed by atoms with E-state index in [2.05, 4.69) is 5.32 Å². The van der Waals surface area contributed by atoms with Gasteiger partial charge in [0.25, 0.3) is 10.0 Å². The Labute approximate surface area is 256 Å². The minimum Gasteiger partial charge on any atom is -0.355 e. The Morgan fingerprint density at radius 1 is 0.810 bits per heavy atom. The lowest BCUT2D eigenvalue weighted by molar-refractivity contribution is -0.140. The van der Waals surface area contributed by atoms with Crippen LogP contribution in [0.4, 0.5) is 5.69 Å². The molecule has 218 valence electrons. The zero-order valence-corrected chi connectivity index (χ0v) is 25.3. The maximum Gasteiger partial charge on any atom is 0.264 e. The van der Waals surface area contributed by atoms with Gasteiger partial charge in [0.15, 0.2) is 0 Å². The van der Waals surface area contributed by atoms with Crippen molar-refractivity contribution in [3.8, 4) is 0 Å². The van der Waals surface area contributed by atoms with Crippen LogP contribution in [-0.2, 0) is 32.6 Å². The number of carbonyl (C=O) groups is 2. The predicted octanol–water partition coefficient (Wildman–Crippen LogP) is 5.96. The summed E-state index contributed by atoms with van der Waals surface area (Å²) in [6.45, 7) is 1.59. The second kappa shape index (κ2) is 14.4. The van der Waals surface area contributed by atoms with E-state index < -0.39 is 28.5 Å².